The Labute approximate surface area is 137 Å². The van der Waals surface area contributed by atoms with Gasteiger partial charge in [-0.1, -0.05) is 30.8 Å². The van der Waals surface area contributed by atoms with Gasteiger partial charge in [-0.15, -0.1) is 10.2 Å². The summed E-state index contributed by atoms with van der Waals surface area (Å²) in [7, 11) is 0. The largest absolute Gasteiger partial charge is 0.453 e. The number of rotatable bonds is 4. The van der Waals surface area contributed by atoms with E-state index in [9.17, 15) is 18.3 Å². The standard InChI is InChI=1S/C16H17F3N4O/c1-5-13(11-6-8-12(9-7-11)15(3,4)24)22-23-10(2)20-21-14(23)16(17,18)19/h5-9,24H,1H2,2-4H3/b22-13+. The lowest BCUT2D eigenvalue weighted by molar-refractivity contribution is -0.147. The molecule has 1 aromatic heterocycles. The molecule has 2 rings (SSSR count). The molecule has 0 aliphatic rings. The van der Waals surface area contributed by atoms with Gasteiger partial charge in [0, 0.05) is 5.56 Å². The predicted octanol–water partition coefficient (Wildman–Crippen LogP) is 3.27. The van der Waals surface area contributed by atoms with Gasteiger partial charge in [0.15, 0.2) is 5.82 Å². The van der Waals surface area contributed by atoms with Crippen molar-refractivity contribution in [2.45, 2.75) is 32.5 Å². The normalized spacial score (nSPS) is 13.2. The molecule has 0 atom stereocenters. The topological polar surface area (TPSA) is 63.3 Å². The first kappa shape index (κ1) is 17.9. The predicted molar refractivity (Wildman–Crippen MR) is 83.6 cm³/mol. The van der Waals surface area contributed by atoms with Crippen molar-refractivity contribution in [3.63, 3.8) is 0 Å². The van der Waals surface area contributed by atoms with Crippen LogP contribution in [0, 0.1) is 6.92 Å². The quantitative estimate of drug-likeness (QED) is 0.870. The van der Waals surface area contributed by atoms with E-state index in [1.807, 2.05) is 0 Å². The van der Waals surface area contributed by atoms with Crippen molar-refractivity contribution < 1.29 is 18.3 Å². The van der Waals surface area contributed by atoms with Crippen molar-refractivity contribution >= 4 is 5.71 Å². The fourth-order valence-electron chi connectivity index (χ4n) is 2.03. The number of aliphatic hydroxyl groups is 1. The minimum absolute atomic E-state index is 0.00906. The fraction of sp³-hybridized carbons (Fsp3) is 0.312. The highest BCUT2D eigenvalue weighted by molar-refractivity contribution is 6.08. The van der Waals surface area contributed by atoms with E-state index in [1.165, 1.54) is 13.0 Å². The van der Waals surface area contributed by atoms with Gasteiger partial charge in [-0.25, -0.2) is 0 Å². The Kier molecular flexibility index (Phi) is 4.61. The highest BCUT2D eigenvalue weighted by atomic mass is 19.4. The molecule has 0 amide bonds. The molecule has 0 saturated heterocycles. The molecule has 1 N–H and O–H groups in total. The summed E-state index contributed by atoms with van der Waals surface area (Å²) in [6.45, 7) is 8.25. The summed E-state index contributed by atoms with van der Waals surface area (Å²) < 4.78 is 39.5. The molecule has 0 fully saturated rings. The first-order chi connectivity index (χ1) is 11.0. The molecule has 0 bridgehead atoms. The number of benzene rings is 1. The second kappa shape index (κ2) is 6.20. The molecule has 24 heavy (non-hydrogen) atoms. The summed E-state index contributed by atoms with van der Waals surface area (Å²) in [5.74, 6) is -1.19. The first-order valence-electron chi connectivity index (χ1n) is 7.08. The number of allylic oxidation sites excluding steroid dienone is 1. The molecule has 0 aliphatic carbocycles. The van der Waals surface area contributed by atoms with Crippen LogP contribution in [0.3, 0.4) is 0 Å². The molecule has 5 nitrogen and oxygen atoms in total. The van der Waals surface area contributed by atoms with Crippen LogP contribution < -0.4 is 0 Å². The van der Waals surface area contributed by atoms with Crippen LogP contribution in [0.5, 0.6) is 0 Å². The number of aromatic nitrogens is 3. The SMILES string of the molecule is C=C/C(=N\n1c(C)nnc1C(F)(F)F)c1ccc(C(C)(C)O)cc1. The van der Waals surface area contributed by atoms with Crippen LogP contribution in [0.25, 0.3) is 0 Å². The van der Waals surface area contributed by atoms with E-state index < -0.39 is 17.6 Å². The van der Waals surface area contributed by atoms with Crippen LogP contribution in [-0.2, 0) is 11.8 Å². The van der Waals surface area contributed by atoms with E-state index in [0.717, 1.165) is 0 Å². The third-order valence-electron chi connectivity index (χ3n) is 3.34. The van der Waals surface area contributed by atoms with E-state index in [4.69, 9.17) is 0 Å². The minimum Gasteiger partial charge on any atom is -0.386 e. The van der Waals surface area contributed by atoms with Crippen LogP contribution in [0.1, 0.15) is 36.6 Å². The molecule has 0 aliphatic heterocycles. The number of alkyl halides is 3. The van der Waals surface area contributed by atoms with Crippen molar-refractivity contribution in [2.75, 3.05) is 0 Å². The third kappa shape index (κ3) is 3.70. The Morgan fingerprint density at radius 1 is 1.21 bits per heavy atom. The summed E-state index contributed by atoms with van der Waals surface area (Å²) in [6.07, 6.45) is -3.32. The zero-order chi connectivity index (χ0) is 18.1. The van der Waals surface area contributed by atoms with Gasteiger partial charge < -0.3 is 5.11 Å². The van der Waals surface area contributed by atoms with Crippen molar-refractivity contribution in [1.29, 1.82) is 0 Å². The van der Waals surface area contributed by atoms with Crippen molar-refractivity contribution in [3.8, 4) is 0 Å². The fourth-order valence-corrected chi connectivity index (χ4v) is 2.03. The number of hydrogen-bond donors (Lipinski definition) is 1. The summed E-state index contributed by atoms with van der Waals surface area (Å²) in [4.78, 5) is 0. The maximum absolute atomic E-state index is 13.0. The van der Waals surface area contributed by atoms with E-state index in [-0.39, 0.29) is 11.5 Å². The Morgan fingerprint density at radius 2 is 1.79 bits per heavy atom. The molecule has 2 aromatic rings. The van der Waals surface area contributed by atoms with E-state index in [0.29, 0.717) is 15.8 Å². The Morgan fingerprint density at radius 3 is 2.25 bits per heavy atom. The summed E-state index contributed by atoms with van der Waals surface area (Å²) in [5.41, 5.74) is 0.439. The summed E-state index contributed by atoms with van der Waals surface area (Å²) in [5, 5.41) is 20.5. The second-order valence-electron chi connectivity index (χ2n) is 5.71. The summed E-state index contributed by atoms with van der Waals surface area (Å²) in [6, 6.07) is 6.66. The Balaban J connectivity index is 2.48. The molecule has 8 heteroatoms. The highest BCUT2D eigenvalue weighted by Crippen LogP contribution is 2.28. The number of hydrogen-bond acceptors (Lipinski definition) is 4. The Bertz CT molecular complexity index is 768. The van der Waals surface area contributed by atoms with Crippen molar-refractivity contribution in [1.82, 2.24) is 14.9 Å². The van der Waals surface area contributed by atoms with Crippen LogP contribution in [0.4, 0.5) is 13.2 Å². The maximum atomic E-state index is 13.0. The third-order valence-corrected chi connectivity index (χ3v) is 3.34. The lowest BCUT2D eigenvalue weighted by Gasteiger charge is -2.18. The zero-order valence-electron chi connectivity index (χ0n) is 13.5. The van der Waals surface area contributed by atoms with Crippen LogP contribution in [0.2, 0.25) is 0 Å². The van der Waals surface area contributed by atoms with Gasteiger partial charge in [-0.3, -0.25) is 0 Å². The van der Waals surface area contributed by atoms with Crippen LogP contribution >= 0.6 is 0 Å². The lowest BCUT2D eigenvalue weighted by Crippen LogP contribution is -2.16. The smallest absolute Gasteiger partial charge is 0.386 e. The number of nitrogens with zero attached hydrogens (tertiary/aromatic N) is 4. The molecular weight excluding hydrogens is 321 g/mol. The molecule has 0 saturated carbocycles. The zero-order valence-corrected chi connectivity index (χ0v) is 13.5. The molecule has 0 unspecified atom stereocenters. The molecule has 128 valence electrons. The van der Waals surface area contributed by atoms with Gasteiger partial charge in [-0.2, -0.15) is 22.9 Å². The van der Waals surface area contributed by atoms with Gasteiger partial charge in [0.25, 0.3) is 5.82 Å². The van der Waals surface area contributed by atoms with Gasteiger partial charge >= 0.3 is 6.18 Å². The molecule has 1 aromatic carbocycles. The van der Waals surface area contributed by atoms with Gasteiger partial charge in [-0.05, 0) is 32.4 Å². The number of aryl methyl sites for hydroxylation is 1. The molecular formula is C16H17F3N4O. The average molecular weight is 338 g/mol. The van der Waals surface area contributed by atoms with Crippen LogP contribution in [0.15, 0.2) is 42.0 Å². The molecule has 1 heterocycles. The van der Waals surface area contributed by atoms with Gasteiger partial charge in [0.2, 0.25) is 0 Å². The minimum atomic E-state index is -4.66. The summed E-state index contributed by atoms with van der Waals surface area (Å²) >= 11 is 0. The molecule has 0 radical (unpaired) electrons. The maximum Gasteiger partial charge on any atom is 0.453 e. The average Bonchev–Trinajstić information content (AvgIpc) is 2.85. The van der Waals surface area contributed by atoms with E-state index in [2.05, 4.69) is 21.9 Å². The van der Waals surface area contributed by atoms with Gasteiger partial charge in [0.1, 0.15) is 0 Å². The Hall–Kier alpha value is -2.48. The highest BCUT2D eigenvalue weighted by Gasteiger charge is 2.38. The number of halogens is 3. The second-order valence-corrected chi connectivity index (χ2v) is 5.71. The van der Waals surface area contributed by atoms with Crippen LogP contribution in [-0.4, -0.2) is 25.7 Å². The first-order valence-corrected chi connectivity index (χ1v) is 7.08. The van der Waals surface area contributed by atoms with E-state index >= 15 is 0 Å². The molecule has 0 spiro atoms. The monoisotopic (exact) mass is 338 g/mol. The lowest BCUT2D eigenvalue weighted by atomic mass is 9.96. The van der Waals surface area contributed by atoms with Crippen molar-refractivity contribution in [3.05, 3.63) is 59.7 Å². The van der Waals surface area contributed by atoms with Crippen molar-refractivity contribution in [2.24, 2.45) is 5.10 Å². The van der Waals surface area contributed by atoms with E-state index in [1.54, 1.807) is 38.1 Å². The van der Waals surface area contributed by atoms with Gasteiger partial charge in [0.05, 0.1) is 11.3 Å².